The Balaban J connectivity index is 2.18. The lowest BCUT2D eigenvalue weighted by Gasteiger charge is -2.18. The molecule has 2 heterocycles. The SMILES string of the molecule is CCN(CC)S(=O)(=O)c1c(C)nn(S(=O)(=O)c2ccc3nsnc3c2)c1C. The first-order chi connectivity index (χ1) is 12.6. The van der Waals surface area contributed by atoms with Gasteiger partial charge in [-0.2, -0.15) is 30.7 Å². The van der Waals surface area contributed by atoms with Crippen LogP contribution in [0.25, 0.3) is 11.0 Å². The Morgan fingerprint density at radius 3 is 2.30 bits per heavy atom. The molecule has 146 valence electrons. The first kappa shape index (κ1) is 19.9. The van der Waals surface area contributed by atoms with E-state index in [1.54, 1.807) is 19.9 Å². The zero-order chi connectivity index (χ0) is 20.0. The molecule has 0 bridgehead atoms. The van der Waals surface area contributed by atoms with E-state index in [-0.39, 0.29) is 34.3 Å². The maximum Gasteiger partial charge on any atom is 0.283 e. The molecule has 0 atom stereocenters. The third-order valence-electron chi connectivity index (χ3n) is 4.24. The summed E-state index contributed by atoms with van der Waals surface area (Å²) in [5.74, 6) is 0. The van der Waals surface area contributed by atoms with Gasteiger partial charge < -0.3 is 0 Å². The highest BCUT2D eigenvalue weighted by Gasteiger charge is 2.33. The molecule has 3 aromatic rings. The van der Waals surface area contributed by atoms with Crippen molar-refractivity contribution in [2.75, 3.05) is 13.1 Å². The predicted octanol–water partition coefficient (Wildman–Crippen LogP) is 1.77. The summed E-state index contributed by atoms with van der Waals surface area (Å²) in [6, 6.07) is 4.38. The van der Waals surface area contributed by atoms with Gasteiger partial charge in [0.1, 0.15) is 15.9 Å². The molecule has 2 aromatic heterocycles. The zero-order valence-corrected chi connectivity index (χ0v) is 17.7. The predicted molar refractivity (Wildman–Crippen MR) is 102 cm³/mol. The van der Waals surface area contributed by atoms with E-state index in [0.717, 1.165) is 15.8 Å². The fourth-order valence-electron chi connectivity index (χ4n) is 2.93. The molecule has 0 spiro atoms. The Kier molecular flexibility index (Phi) is 5.10. The summed E-state index contributed by atoms with van der Waals surface area (Å²) in [6.07, 6.45) is 0. The van der Waals surface area contributed by atoms with Crippen molar-refractivity contribution < 1.29 is 16.8 Å². The molecular weight excluding hydrogens is 410 g/mol. The number of sulfonamides is 1. The molecule has 1 aromatic carbocycles. The van der Waals surface area contributed by atoms with Gasteiger partial charge in [0.2, 0.25) is 10.0 Å². The van der Waals surface area contributed by atoms with Crippen LogP contribution < -0.4 is 0 Å². The molecule has 0 saturated heterocycles. The minimum atomic E-state index is -4.08. The molecule has 0 radical (unpaired) electrons. The molecule has 27 heavy (non-hydrogen) atoms. The molecule has 0 N–H and O–H groups in total. The molecule has 0 unspecified atom stereocenters. The van der Waals surface area contributed by atoms with Crippen molar-refractivity contribution in [3.8, 4) is 0 Å². The van der Waals surface area contributed by atoms with E-state index in [1.165, 1.54) is 30.3 Å². The number of nitrogens with zero attached hydrogens (tertiary/aromatic N) is 5. The van der Waals surface area contributed by atoms with Gasteiger partial charge in [-0.25, -0.2) is 8.42 Å². The van der Waals surface area contributed by atoms with Crippen LogP contribution in [0.5, 0.6) is 0 Å². The van der Waals surface area contributed by atoms with Gasteiger partial charge in [-0.3, -0.25) is 0 Å². The number of rotatable bonds is 6. The van der Waals surface area contributed by atoms with Crippen LogP contribution in [-0.2, 0) is 20.0 Å². The molecule has 9 nitrogen and oxygen atoms in total. The summed E-state index contributed by atoms with van der Waals surface area (Å²) in [5.41, 5.74) is 1.24. The third kappa shape index (κ3) is 3.16. The van der Waals surface area contributed by atoms with Crippen LogP contribution in [0, 0.1) is 13.8 Å². The quantitative estimate of drug-likeness (QED) is 0.586. The standard InChI is InChI=1S/C15H19N5O4S3/c1-5-19(6-2)27(23,24)15-10(3)16-20(11(15)4)26(21,22)12-7-8-13-14(9-12)18-25-17-13/h7-9H,5-6H2,1-4H3. The molecule has 0 aliphatic rings. The zero-order valence-electron chi connectivity index (χ0n) is 15.2. The van der Waals surface area contributed by atoms with Crippen LogP contribution in [0.3, 0.4) is 0 Å². The molecule has 0 aliphatic carbocycles. The van der Waals surface area contributed by atoms with Crippen molar-refractivity contribution in [3.63, 3.8) is 0 Å². The first-order valence-corrected chi connectivity index (χ1v) is 11.8. The van der Waals surface area contributed by atoms with Gasteiger partial charge in [0.25, 0.3) is 10.0 Å². The fourth-order valence-corrected chi connectivity index (χ4v) is 6.70. The van der Waals surface area contributed by atoms with E-state index < -0.39 is 20.0 Å². The van der Waals surface area contributed by atoms with Crippen molar-refractivity contribution in [3.05, 3.63) is 29.6 Å². The average Bonchev–Trinajstić information content (AvgIpc) is 3.19. The second-order valence-electron chi connectivity index (χ2n) is 5.85. The van der Waals surface area contributed by atoms with Gasteiger partial charge in [-0.15, -0.1) is 0 Å². The summed E-state index contributed by atoms with van der Waals surface area (Å²) in [4.78, 5) is -0.105. The van der Waals surface area contributed by atoms with Crippen LogP contribution in [0.1, 0.15) is 25.2 Å². The maximum absolute atomic E-state index is 13.1. The molecular formula is C15H19N5O4S3. The minimum Gasteiger partial charge on any atom is -0.207 e. The Labute approximate surface area is 162 Å². The van der Waals surface area contributed by atoms with Crippen molar-refractivity contribution in [2.45, 2.75) is 37.5 Å². The molecule has 0 fully saturated rings. The van der Waals surface area contributed by atoms with Gasteiger partial charge in [-0.05, 0) is 32.0 Å². The summed E-state index contributed by atoms with van der Waals surface area (Å²) in [7, 11) is -7.93. The van der Waals surface area contributed by atoms with Crippen molar-refractivity contribution >= 4 is 42.8 Å². The first-order valence-electron chi connectivity index (χ1n) is 8.18. The molecule has 12 heteroatoms. The number of hydrogen-bond acceptors (Lipinski definition) is 8. The lowest BCUT2D eigenvalue weighted by molar-refractivity contribution is 0.444. The van der Waals surface area contributed by atoms with Crippen LogP contribution in [-0.4, -0.2) is 52.2 Å². The second kappa shape index (κ2) is 6.93. The lowest BCUT2D eigenvalue weighted by atomic mass is 10.3. The van der Waals surface area contributed by atoms with Crippen molar-refractivity contribution in [2.24, 2.45) is 0 Å². The van der Waals surface area contributed by atoms with Crippen LogP contribution >= 0.6 is 11.7 Å². The highest BCUT2D eigenvalue weighted by Crippen LogP contribution is 2.27. The van der Waals surface area contributed by atoms with Gasteiger partial charge in [-0.1, -0.05) is 13.8 Å². The number of aromatic nitrogens is 4. The minimum absolute atomic E-state index is 0.0277. The second-order valence-corrected chi connectivity index (χ2v) is 10.0. The smallest absolute Gasteiger partial charge is 0.207 e. The van der Waals surface area contributed by atoms with Crippen LogP contribution in [0.2, 0.25) is 0 Å². The molecule has 0 amide bonds. The van der Waals surface area contributed by atoms with Gasteiger partial charge in [0.05, 0.1) is 28.0 Å². The lowest BCUT2D eigenvalue weighted by Crippen LogP contribution is -2.31. The highest BCUT2D eigenvalue weighted by atomic mass is 32.2. The van der Waals surface area contributed by atoms with E-state index in [2.05, 4.69) is 13.8 Å². The van der Waals surface area contributed by atoms with Crippen molar-refractivity contribution in [1.29, 1.82) is 0 Å². The van der Waals surface area contributed by atoms with Gasteiger partial charge >= 0.3 is 0 Å². The van der Waals surface area contributed by atoms with Gasteiger partial charge in [0, 0.05) is 13.1 Å². The normalized spacial score (nSPS) is 12.9. The number of aryl methyl sites for hydroxylation is 1. The fraction of sp³-hybridized carbons (Fsp3) is 0.400. The summed E-state index contributed by atoms with van der Waals surface area (Å²) < 4.78 is 62.1. The van der Waals surface area contributed by atoms with Crippen LogP contribution in [0.15, 0.2) is 28.0 Å². The summed E-state index contributed by atoms with van der Waals surface area (Å²) in [6.45, 7) is 6.94. The van der Waals surface area contributed by atoms with Crippen LogP contribution in [0.4, 0.5) is 0 Å². The van der Waals surface area contributed by atoms with E-state index in [4.69, 9.17) is 0 Å². The van der Waals surface area contributed by atoms with E-state index in [0.29, 0.717) is 11.0 Å². The Bertz CT molecular complexity index is 1210. The summed E-state index contributed by atoms with van der Waals surface area (Å²) in [5, 5.41) is 4.03. The Morgan fingerprint density at radius 1 is 1.04 bits per heavy atom. The summed E-state index contributed by atoms with van der Waals surface area (Å²) >= 11 is 0.987. The number of fused-ring (bicyclic) bond motifs is 1. The van der Waals surface area contributed by atoms with Crippen molar-refractivity contribution in [1.82, 2.24) is 22.2 Å². The highest BCUT2D eigenvalue weighted by molar-refractivity contribution is 7.90. The number of benzene rings is 1. The Hall–Kier alpha value is -1.89. The topological polar surface area (TPSA) is 115 Å². The maximum atomic E-state index is 13.1. The third-order valence-corrected chi connectivity index (χ3v) is 8.76. The molecule has 3 rings (SSSR count). The monoisotopic (exact) mass is 429 g/mol. The molecule has 0 aliphatic heterocycles. The Morgan fingerprint density at radius 2 is 1.67 bits per heavy atom. The van der Waals surface area contributed by atoms with E-state index >= 15 is 0 Å². The van der Waals surface area contributed by atoms with E-state index in [1.807, 2.05) is 0 Å². The number of hydrogen-bond donors (Lipinski definition) is 0. The molecule has 0 saturated carbocycles. The largest absolute Gasteiger partial charge is 0.283 e. The van der Waals surface area contributed by atoms with E-state index in [9.17, 15) is 16.8 Å². The van der Waals surface area contributed by atoms with Gasteiger partial charge in [0.15, 0.2) is 0 Å². The average molecular weight is 430 g/mol.